The Balaban J connectivity index is 2.81. The van der Waals surface area contributed by atoms with Crippen molar-refractivity contribution in [1.29, 1.82) is 0 Å². The molecule has 0 saturated heterocycles. The average Bonchev–Trinajstić information content (AvgIpc) is 2.36. The Labute approximate surface area is 118 Å². The van der Waals surface area contributed by atoms with E-state index in [0.29, 0.717) is 12.3 Å². The molecule has 0 aliphatic heterocycles. The molecule has 1 amide bonds. The van der Waals surface area contributed by atoms with E-state index >= 15 is 0 Å². The molecule has 0 heterocycles. The van der Waals surface area contributed by atoms with E-state index in [1.165, 1.54) is 13.0 Å². The van der Waals surface area contributed by atoms with Gasteiger partial charge < -0.3 is 10.4 Å². The molecule has 0 fully saturated rings. The Bertz CT molecular complexity index is 443. The van der Waals surface area contributed by atoms with Crippen molar-refractivity contribution >= 4 is 5.91 Å². The highest BCUT2D eigenvalue weighted by molar-refractivity contribution is 5.83. The maximum absolute atomic E-state index is 13.6. The molecule has 2 N–H and O–H groups in total. The molecular weight excluding hydrogens is 264 g/mol. The lowest BCUT2D eigenvalue weighted by Crippen LogP contribution is -2.40. The maximum Gasteiger partial charge on any atom is 0.227 e. The largest absolute Gasteiger partial charge is 0.394 e. The molecule has 2 unspecified atom stereocenters. The van der Waals surface area contributed by atoms with E-state index in [1.54, 1.807) is 0 Å². The second-order valence-electron chi connectivity index (χ2n) is 5.37. The molecule has 1 aromatic rings. The van der Waals surface area contributed by atoms with E-state index in [9.17, 15) is 18.7 Å². The summed E-state index contributed by atoms with van der Waals surface area (Å²) in [6.07, 6.45) is 0.606. The van der Waals surface area contributed by atoms with E-state index < -0.39 is 29.5 Å². The summed E-state index contributed by atoms with van der Waals surface area (Å²) in [6.45, 7) is 5.18. The first-order valence-electron chi connectivity index (χ1n) is 6.72. The number of nitrogens with one attached hydrogen (secondary N) is 1. The highest BCUT2D eigenvalue weighted by Gasteiger charge is 2.24. The Morgan fingerprint density at radius 3 is 2.25 bits per heavy atom. The molecule has 0 spiro atoms. The van der Waals surface area contributed by atoms with Crippen molar-refractivity contribution in [3.8, 4) is 0 Å². The molecule has 1 aromatic carbocycles. The first-order chi connectivity index (χ1) is 9.36. The highest BCUT2D eigenvalue weighted by atomic mass is 19.1. The third kappa shape index (κ3) is 4.27. The third-order valence-corrected chi connectivity index (χ3v) is 3.15. The zero-order valence-electron chi connectivity index (χ0n) is 12.0. The van der Waals surface area contributed by atoms with Crippen LogP contribution in [0.4, 0.5) is 8.78 Å². The van der Waals surface area contributed by atoms with Crippen molar-refractivity contribution in [2.24, 2.45) is 5.92 Å². The summed E-state index contributed by atoms with van der Waals surface area (Å²) < 4.78 is 27.2. The molecule has 2 atom stereocenters. The summed E-state index contributed by atoms with van der Waals surface area (Å²) in [7, 11) is 0. The Morgan fingerprint density at radius 1 is 1.25 bits per heavy atom. The first-order valence-corrected chi connectivity index (χ1v) is 6.72. The number of amides is 1. The molecular formula is C15H21F2NO2. The Kier molecular flexibility index (Phi) is 6.07. The van der Waals surface area contributed by atoms with E-state index in [0.717, 1.165) is 12.1 Å². The van der Waals surface area contributed by atoms with E-state index in [2.05, 4.69) is 5.32 Å². The van der Waals surface area contributed by atoms with Crippen LogP contribution in [0.15, 0.2) is 18.2 Å². The molecule has 0 aliphatic carbocycles. The van der Waals surface area contributed by atoms with E-state index in [-0.39, 0.29) is 12.2 Å². The zero-order chi connectivity index (χ0) is 15.3. The first kappa shape index (κ1) is 16.6. The van der Waals surface area contributed by atoms with Crippen molar-refractivity contribution in [3.63, 3.8) is 0 Å². The van der Waals surface area contributed by atoms with Crippen LogP contribution in [0, 0.1) is 17.6 Å². The monoisotopic (exact) mass is 285 g/mol. The van der Waals surface area contributed by atoms with Gasteiger partial charge in [-0.25, -0.2) is 8.78 Å². The number of aliphatic hydroxyl groups excluding tert-OH is 1. The van der Waals surface area contributed by atoms with Gasteiger partial charge in [0.15, 0.2) is 0 Å². The minimum Gasteiger partial charge on any atom is -0.394 e. The van der Waals surface area contributed by atoms with Crippen LogP contribution in [0.2, 0.25) is 0 Å². The minimum absolute atomic E-state index is 0.198. The summed E-state index contributed by atoms with van der Waals surface area (Å²) in [5, 5.41) is 11.9. The van der Waals surface area contributed by atoms with Gasteiger partial charge in [0.2, 0.25) is 5.91 Å². The lowest BCUT2D eigenvalue weighted by molar-refractivity contribution is -0.123. The minimum atomic E-state index is -0.947. The molecule has 0 aromatic heterocycles. The standard InChI is InChI=1S/C15H21F2NO2/c1-9(2)7-11(8-19)18-15(20)10(3)14-12(16)5-4-6-13(14)17/h4-6,9-11,19H,7-8H2,1-3H3,(H,18,20). The van der Waals surface area contributed by atoms with Crippen LogP contribution in [0.1, 0.15) is 38.7 Å². The Hall–Kier alpha value is -1.49. The van der Waals surface area contributed by atoms with Gasteiger partial charge >= 0.3 is 0 Å². The molecule has 5 heteroatoms. The van der Waals surface area contributed by atoms with E-state index in [4.69, 9.17) is 0 Å². The number of hydrogen-bond donors (Lipinski definition) is 2. The fourth-order valence-corrected chi connectivity index (χ4v) is 2.13. The van der Waals surface area contributed by atoms with Gasteiger partial charge in [-0.3, -0.25) is 4.79 Å². The van der Waals surface area contributed by atoms with Crippen LogP contribution in [0.25, 0.3) is 0 Å². The zero-order valence-corrected chi connectivity index (χ0v) is 12.0. The Morgan fingerprint density at radius 2 is 1.80 bits per heavy atom. The smallest absolute Gasteiger partial charge is 0.227 e. The quantitative estimate of drug-likeness (QED) is 0.844. The summed E-state index contributed by atoms with van der Waals surface area (Å²) in [5.74, 6) is -2.62. The van der Waals surface area contributed by atoms with Crippen LogP contribution >= 0.6 is 0 Å². The molecule has 0 bridgehead atoms. The summed E-state index contributed by atoms with van der Waals surface area (Å²) >= 11 is 0. The van der Waals surface area contributed by atoms with Crippen molar-refractivity contribution < 1.29 is 18.7 Å². The SMILES string of the molecule is CC(C)CC(CO)NC(=O)C(C)c1c(F)cccc1F. The lowest BCUT2D eigenvalue weighted by atomic mass is 9.97. The van der Waals surface area contributed by atoms with Gasteiger partial charge in [0.1, 0.15) is 11.6 Å². The predicted molar refractivity (Wildman–Crippen MR) is 73.2 cm³/mol. The number of benzene rings is 1. The molecule has 3 nitrogen and oxygen atoms in total. The topological polar surface area (TPSA) is 49.3 Å². The van der Waals surface area contributed by atoms with Crippen LogP contribution in [-0.4, -0.2) is 23.7 Å². The summed E-state index contributed by atoms with van der Waals surface area (Å²) in [6, 6.07) is 3.10. The summed E-state index contributed by atoms with van der Waals surface area (Å²) in [4.78, 5) is 12.0. The van der Waals surface area contributed by atoms with Gasteiger partial charge in [0.05, 0.1) is 18.6 Å². The van der Waals surface area contributed by atoms with Crippen molar-refractivity contribution in [2.75, 3.05) is 6.61 Å². The van der Waals surface area contributed by atoms with E-state index in [1.807, 2.05) is 13.8 Å². The van der Waals surface area contributed by atoms with Gasteiger partial charge in [-0.05, 0) is 31.4 Å². The molecule has 112 valence electrons. The highest BCUT2D eigenvalue weighted by Crippen LogP contribution is 2.22. The molecule has 0 aliphatic rings. The molecule has 0 saturated carbocycles. The molecule has 0 radical (unpaired) electrons. The predicted octanol–water partition coefficient (Wildman–Crippen LogP) is 2.59. The van der Waals surface area contributed by atoms with Crippen molar-refractivity contribution in [3.05, 3.63) is 35.4 Å². The summed E-state index contributed by atoms with van der Waals surface area (Å²) in [5.41, 5.74) is -0.244. The number of carbonyl (C=O) groups excluding carboxylic acids is 1. The lowest BCUT2D eigenvalue weighted by Gasteiger charge is -2.21. The second-order valence-corrected chi connectivity index (χ2v) is 5.37. The van der Waals surface area contributed by atoms with Crippen molar-refractivity contribution in [1.82, 2.24) is 5.32 Å². The van der Waals surface area contributed by atoms with Gasteiger partial charge in [-0.1, -0.05) is 19.9 Å². The van der Waals surface area contributed by atoms with Gasteiger partial charge in [-0.2, -0.15) is 0 Å². The number of halogens is 2. The maximum atomic E-state index is 13.6. The van der Waals surface area contributed by atoms with Crippen LogP contribution in [-0.2, 0) is 4.79 Å². The fourth-order valence-electron chi connectivity index (χ4n) is 2.13. The van der Waals surface area contributed by atoms with Gasteiger partial charge in [0, 0.05) is 5.56 Å². The van der Waals surface area contributed by atoms with Gasteiger partial charge in [-0.15, -0.1) is 0 Å². The number of rotatable bonds is 6. The number of hydrogen-bond acceptors (Lipinski definition) is 2. The fraction of sp³-hybridized carbons (Fsp3) is 0.533. The molecule has 1 rings (SSSR count). The average molecular weight is 285 g/mol. The normalized spacial score (nSPS) is 14.2. The second kappa shape index (κ2) is 7.33. The van der Waals surface area contributed by atoms with Crippen LogP contribution in [0.3, 0.4) is 0 Å². The van der Waals surface area contributed by atoms with Crippen molar-refractivity contribution in [2.45, 2.75) is 39.2 Å². The van der Waals surface area contributed by atoms with Gasteiger partial charge in [0.25, 0.3) is 0 Å². The van der Waals surface area contributed by atoms with Crippen LogP contribution < -0.4 is 5.32 Å². The third-order valence-electron chi connectivity index (χ3n) is 3.15. The molecule has 20 heavy (non-hydrogen) atoms. The van der Waals surface area contributed by atoms with Crippen LogP contribution in [0.5, 0.6) is 0 Å². The number of carbonyl (C=O) groups is 1. The number of aliphatic hydroxyl groups is 1.